The van der Waals surface area contributed by atoms with Crippen molar-refractivity contribution in [2.75, 3.05) is 7.11 Å². The molecule has 4 aromatic rings. The molecule has 0 saturated heterocycles. The highest BCUT2D eigenvalue weighted by molar-refractivity contribution is 5.91. The quantitative estimate of drug-likeness (QED) is 0.411. The van der Waals surface area contributed by atoms with Gasteiger partial charge in [-0.25, -0.2) is 18.3 Å². The summed E-state index contributed by atoms with van der Waals surface area (Å²) in [4.78, 5) is 16.0. The van der Waals surface area contributed by atoms with Crippen molar-refractivity contribution < 1.29 is 27.9 Å². The molecule has 1 N–H and O–H groups in total. The summed E-state index contributed by atoms with van der Waals surface area (Å²) in [6.07, 6.45) is -1.12. The number of halogens is 2. The summed E-state index contributed by atoms with van der Waals surface area (Å²) in [7, 11) is 1.32. The second-order valence-corrected chi connectivity index (χ2v) is 8.18. The zero-order valence-electron chi connectivity index (χ0n) is 18.3. The number of hydrogen-bond acceptors (Lipinski definition) is 6. The lowest BCUT2D eigenvalue weighted by molar-refractivity contribution is 0.0693. The van der Waals surface area contributed by atoms with Crippen molar-refractivity contribution in [3.8, 4) is 23.0 Å². The molecule has 174 valence electrons. The summed E-state index contributed by atoms with van der Waals surface area (Å²) in [6, 6.07) is 13.3. The number of methoxy groups -OCH3 is 1. The minimum atomic E-state index is -2.83. The van der Waals surface area contributed by atoms with Gasteiger partial charge in [-0.15, -0.1) is 0 Å². The zero-order chi connectivity index (χ0) is 24.0. The molecule has 2 aromatic carbocycles. The predicted molar refractivity (Wildman–Crippen MR) is 117 cm³/mol. The summed E-state index contributed by atoms with van der Waals surface area (Å²) in [5.41, 5.74) is 1.79. The van der Waals surface area contributed by atoms with E-state index in [1.54, 1.807) is 0 Å². The maximum Gasteiger partial charge on any atom is 0.339 e. The molecule has 0 amide bonds. The second kappa shape index (κ2) is 8.05. The summed E-state index contributed by atoms with van der Waals surface area (Å²) in [5.74, 6) is -0.588. The van der Waals surface area contributed by atoms with Gasteiger partial charge in [-0.2, -0.15) is 10.1 Å². The Hall–Kier alpha value is -4.08. The van der Waals surface area contributed by atoms with Gasteiger partial charge in [0.05, 0.1) is 18.2 Å². The summed E-state index contributed by atoms with van der Waals surface area (Å²) in [6.45, 7) is 2.02. The molecular formula is C24H20F2N4O4. The second-order valence-electron chi connectivity index (χ2n) is 8.18. The fourth-order valence-electron chi connectivity index (χ4n) is 4.21. The van der Waals surface area contributed by atoms with E-state index in [2.05, 4.69) is 15.2 Å². The number of aromatic carboxylic acids is 1. The molecule has 2 heterocycles. The molecule has 1 saturated carbocycles. The number of alkyl halides is 2. The standard InChI is InChI=1S/C24H20F2N4O4/c1-13-5-3-4-6-16(13)24(9-10-24)23-27-21(34-29-23)18-12-17(20(25)26)28-30(18)14-7-8-15(22(31)32)19(11-14)33-2/h3-8,11-12,20H,9-10H2,1-2H3,(H,31,32). The highest BCUT2D eigenvalue weighted by atomic mass is 19.3. The molecule has 8 nitrogen and oxygen atoms in total. The van der Waals surface area contributed by atoms with Gasteiger partial charge in [-0.3, -0.25) is 0 Å². The van der Waals surface area contributed by atoms with Gasteiger partial charge in [0.15, 0.2) is 5.82 Å². The van der Waals surface area contributed by atoms with Crippen LogP contribution in [0.3, 0.4) is 0 Å². The number of hydrogen-bond donors (Lipinski definition) is 1. The Morgan fingerprint density at radius 1 is 1.21 bits per heavy atom. The Balaban J connectivity index is 1.60. The molecule has 0 bridgehead atoms. The van der Waals surface area contributed by atoms with Crippen LogP contribution in [0.25, 0.3) is 17.3 Å². The van der Waals surface area contributed by atoms with E-state index < -0.39 is 18.1 Å². The SMILES string of the molecule is COc1cc(-n2nc(C(F)F)cc2-c2nc(C3(c4ccccc4C)CC3)no2)ccc1C(=O)O. The zero-order valence-corrected chi connectivity index (χ0v) is 18.3. The number of benzene rings is 2. The average molecular weight is 466 g/mol. The predicted octanol–water partition coefficient (Wildman–Crippen LogP) is 4.96. The van der Waals surface area contributed by atoms with Gasteiger partial charge in [-0.1, -0.05) is 29.4 Å². The third kappa shape index (κ3) is 3.51. The molecule has 1 aliphatic carbocycles. The highest BCUT2D eigenvalue weighted by Gasteiger charge is 2.50. The number of aryl methyl sites for hydroxylation is 1. The van der Waals surface area contributed by atoms with Crippen LogP contribution in [0.15, 0.2) is 53.1 Å². The molecule has 0 spiro atoms. The van der Waals surface area contributed by atoms with E-state index in [1.807, 2.05) is 31.2 Å². The Morgan fingerprint density at radius 3 is 2.62 bits per heavy atom. The molecule has 2 aromatic heterocycles. The van der Waals surface area contributed by atoms with Crippen molar-refractivity contribution in [2.45, 2.75) is 31.6 Å². The Labute approximate surface area is 192 Å². The maximum absolute atomic E-state index is 13.5. The van der Waals surface area contributed by atoms with Crippen molar-refractivity contribution in [3.63, 3.8) is 0 Å². The van der Waals surface area contributed by atoms with Crippen LogP contribution >= 0.6 is 0 Å². The number of rotatable bonds is 7. The molecule has 5 rings (SSSR count). The smallest absolute Gasteiger partial charge is 0.339 e. The van der Waals surface area contributed by atoms with Gasteiger partial charge < -0.3 is 14.4 Å². The third-order valence-electron chi connectivity index (χ3n) is 6.10. The highest BCUT2D eigenvalue weighted by Crippen LogP contribution is 2.53. The van der Waals surface area contributed by atoms with Crippen molar-refractivity contribution in [3.05, 3.63) is 76.7 Å². The normalized spacial score (nSPS) is 14.4. The van der Waals surface area contributed by atoms with E-state index >= 15 is 0 Å². The van der Waals surface area contributed by atoms with Gasteiger partial charge in [-0.05, 0) is 49.1 Å². The molecule has 10 heteroatoms. The van der Waals surface area contributed by atoms with Gasteiger partial charge in [0, 0.05) is 6.07 Å². The molecule has 34 heavy (non-hydrogen) atoms. The molecule has 0 atom stereocenters. The number of carbonyl (C=O) groups is 1. The van der Waals surface area contributed by atoms with E-state index in [0.717, 1.165) is 24.0 Å². The maximum atomic E-state index is 13.5. The molecule has 1 fully saturated rings. The first-order chi connectivity index (χ1) is 16.3. The number of carboxylic acid groups (broad SMARTS) is 1. The van der Waals surface area contributed by atoms with E-state index in [1.165, 1.54) is 36.1 Å². The van der Waals surface area contributed by atoms with E-state index in [4.69, 9.17) is 9.26 Å². The van der Waals surface area contributed by atoms with Gasteiger partial charge >= 0.3 is 5.97 Å². The molecular weight excluding hydrogens is 446 g/mol. The topological polar surface area (TPSA) is 103 Å². The Bertz CT molecular complexity index is 1390. The summed E-state index contributed by atoms with van der Waals surface area (Å²) < 4.78 is 39.0. The fraction of sp³-hybridized carbons (Fsp3) is 0.250. The lowest BCUT2D eigenvalue weighted by Crippen LogP contribution is -2.12. The Kier molecular flexibility index (Phi) is 5.15. The van der Waals surface area contributed by atoms with Crippen molar-refractivity contribution >= 4 is 5.97 Å². The van der Waals surface area contributed by atoms with Crippen LogP contribution in [0.2, 0.25) is 0 Å². The first-order valence-corrected chi connectivity index (χ1v) is 10.5. The monoisotopic (exact) mass is 466 g/mol. The first-order valence-electron chi connectivity index (χ1n) is 10.5. The summed E-state index contributed by atoms with van der Waals surface area (Å²) in [5, 5.41) is 17.5. The largest absolute Gasteiger partial charge is 0.496 e. The van der Waals surface area contributed by atoms with E-state index in [9.17, 15) is 18.7 Å². The molecule has 1 aliphatic rings. The van der Waals surface area contributed by atoms with Crippen LogP contribution in [0, 0.1) is 6.92 Å². The van der Waals surface area contributed by atoms with Crippen LogP contribution < -0.4 is 4.74 Å². The van der Waals surface area contributed by atoms with Crippen molar-refractivity contribution in [1.29, 1.82) is 0 Å². The van der Waals surface area contributed by atoms with Crippen molar-refractivity contribution in [2.24, 2.45) is 0 Å². The average Bonchev–Trinajstić information content (AvgIpc) is 3.26. The minimum absolute atomic E-state index is 0.0375. The lowest BCUT2D eigenvalue weighted by Gasteiger charge is -2.13. The van der Waals surface area contributed by atoms with Crippen LogP contribution in [0.1, 0.15) is 52.3 Å². The number of ether oxygens (including phenoxy) is 1. The van der Waals surface area contributed by atoms with Crippen LogP contribution in [0.5, 0.6) is 5.75 Å². The van der Waals surface area contributed by atoms with Crippen LogP contribution in [-0.4, -0.2) is 38.1 Å². The van der Waals surface area contributed by atoms with Crippen LogP contribution in [0.4, 0.5) is 8.78 Å². The molecule has 0 radical (unpaired) electrons. The number of carboxylic acids is 1. The minimum Gasteiger partial charge on any atom is -0.496 e. The van der Waals surface area contributed by atoms with Crippen molar-refractivity contribution in [1.82, 2.24) is 19.9 Å². The number of aromatic nitrogens is 4. The van der Waals surface area contributed by atoms with E-state index in [0.29, 0.717) is 11.5 Å². The van der Waals surface area contributed by atoms with Crippen LogP contribution in [-0.2, 0) is 5.41 Å². The molecule has 0 unspecified atom stereocenters. The Morgan fingerprint density at radius 2 is 1.97 bits per heavy atom. The van der Waals surface area contributed by atoms with E-state index in [-0.39, 0.29) is 28.3 Å². The summed E-state index contributed by atoms with van der Waals surface area (Å²) >= 11 is 0. The van der Waals surface area contributed by atoms with Gasteiger partial charge in [0.2, 0.25) is 0 Å². The first kappa shape index (κ1) is 21.7. The van der Waals surface area contributed by atoms with Gasteiger partial charge in [0.25, 0.3) is 12.3 Å². The fourth-order valence-corrected chi connectivity index (χ4v) is 4.21. The van der Waals surface area contributed by atoms with Gasteiger partial charge in [0.1, 0.15) is 22.7 Å². The third-order valence-corrected chi connectivity index (χ3v) is 6.10. The lowest BCUT2D eigenvalue weighted by atomic mass is 9.91. The number of nitrogens with zero attached hydrogens (tertiary/aromatic N) is 4. The molecule has 0 aliphatic heterocycles.